The number of thiophene rings is 1. The van der Waals surface area contributed by atoms with E-state index in [-0.39, 0.29) is 23.8 Å². The Kier molecular flexibility index (Phi) is 8.01. The standard InChI is InChI=1S/C25H27N3O3S2/c1-5-31-24(30)21-20(18-12-9-13-32-18)17(14-26)23(33-15-19(29)28-25(2,3)4)27-22(21)16-10-7-6-8-11-16/h6-13,20,27H,5,15H2,1-4H3,(H,28,29)/t20-/m0/s1. The maximum Gasteiger partial charge on any atom is 0.337 e. The number of carbonyl (C=O) groups is 2. The summed E-state index contributed by atoms with van der Waals surface area (Å²) in [5.41, 5.74) is 1.83. The van der Waals surface area contributed by atoms with Crippen LogP contribution in [0.3, 0.4) is 0 Å². The number of thioether (sulfide) groups is 1. The Bertz CT molecular complexity index is 1110. The molecule has 0 aliphatic carbocycles. The Labute approximate surface area is 202 Å². The molecule has 0 fully saturated rings. The van der Waals surface area contributed by atoms with Gasteiger partial charge in [-0.25, -0.2) is 4.79 Å². The Morgan fingerprint density at radius 2 is 1.94 bits per heavy atom. The van der Waals surface area contributed by atoms with E-state index in [0.29, 0.717) is 21.9 Å². The third-order valence-corrected chi connectivity index (χ3v) is 6.65. The number of nitriles is 1. The molecule has 0 radical (unpaired) electrons. The lowest BCUT2D eigenvalue weighted by Gasteiger charge is -2.30. The highest BCUT2D eigenvalue weighted by atomic mass is 32.2. The zero-order chi connectivity index (χ0) is 24.0. The molecule has 172 valence electrons. The molecule has 0 saturated heterocycles. The summed E-state index contributed by atoms with van der Waals surface area (Å²) in [5.74, 6) is -1.05. The Hall–Kier alpha value is -3.02. The van der Waals surface area contributed by atoms with E-state index in [9.17, 15) is 14.9 Å². The highest BCUT2D eigenvalue weighted by molar-refractivity contribution is 8.03. The molecule has 2 aromatic rings. The Balaban J connectivity index is 2.10. The smallest absolute Gasteiger partial charge is 0.337 e. The minimum atomic E-state index is -0.585. The molecule has 2 N–H and O–H groups in total. The highest BCUT2D eigenvalue weighted by Gasteiger charge is 2.38. The number of hydrogen-bond donors (Lipinski definition) is 2. The van der Waals surface area contributed by atoms with Gasteiger partial charge in [-0.1, -0.05) is 48.2 Å². The molecule has 1 aromatic heterocycles. The van der Waals surface area contributed by atoms with Crippen molar-refractivity contribution in [1.82, 2.24) is 10.6 Å². The molecule has 1 aromatic carbocycles. The number of nitrogens with zero attached hydrogens (tertiary/aromatic N) is 1. The van der Waals surface area contributed by atoms with Crippen LogP contribution in [0.4, 0.5) is 0 Å². The molecule has 33 heavy (non-hydrogen) atoms. The van der Waals surface area contributed by atoms with Gasteiger partial charge in [-0.05, 0) is 44.7 Å². The van der Waals surface area contributed by atoms with Crippen molar-refractivity contribution < 1.29 is 14.3 Å². The summed E-state index contributed by atoms with van der Waals surface area (Å²) in [5, 5.41) is 18.8. The molecule has 1 aliphatic rings. The van der Waals surface area contributed by atoms with Gasteiger partial charge >= 0.3 is 5.97 Å². The monoisotopic (exact) mass is 481 g/mol. The number of carbonyl (C=O) groups excluding carboxylic acids is 2. The van der Waals surface area contributed by atoms with Crippen LogP contribution in [0.5, 0.6) is 0 Å². The first-order chi connectivity index (χ1) is 15.7. The summed E-state index contributed by atoms with van der Waals surface area (Å²) in [4.78, 5) is 26.5. The van der Waals surface area contributed by atoms with Crippen LogP contribution in [0, 0.1) is 11.3 Å². The molecular formula is C25H27N3O3S2. The van der Waals surface area contributed by atoms with Crippen LogP contribution < -0.4 is 10.6 Å². The maximum atomic E-state index is 13.2. The van der Waals surface area contributed by atoms with Gasteiger partial charge in [-0.3, -0.25) is 4.79 Å². The number of rotatable bonds is 7. The van der Waals surface area contributed by atoms with E-state index in [0.717, 1.165) is 10.4 Å². The van der Waals surface area contributed by atoms with Gasteiger partial charge in [-0.2, -0.15) is 5.26 Å². The van der Waals surface area contributed by atoms with Crippen molar-refractivity contribution >= 4 is 40.7 Å². The number of hydrogen-bond acceptors (Lipinski definition) is 7. The minimum absolute atomic E-state index is 0.131. The fraction of sp³-hybridized carbons (Fsp3) is 0.320. The van der Waals surface area contributed by atoms with Gasteiger partial charge in [0, 0.05) is 10.4 Å². The van der Waals surface area contributed by atoms with Crippen LogP contribution >= 0.6 is 23.1 Å². The third-order valence-electron chi connectivity index (χ3n) is 4.70. The molecule has 0 unspecified atom stereocenters. The first-order valence-corrected chi connectivity index (χ1v) is 12.5. The summed E-state index contributed by atoms with van der Waals surface area (Å²) in [7, 11) is 0. The van der Waals surface area contributed by atoms with E-state index in [1.54, 1.807) is 6.92 Å². The van der Waals surface area contributed by atoms with Crippen LogP contribution in [0.2, 0.25) is 0 Å². The lowest BCUT2D eigenvalue weighted by atomic mass is 9.85. The fourth-order valence-corrected chi connectivity index (χ4v) is 5.17. The third kappa shape index (κ3) is 6.06. The van der Waals surface area contributed by atoms with Crippen molar-refractivity contribution in [3.63, 3.8) is 0 Å². The Morgan fingerprint density at radius 1 is 1.21 bits per heavy atom. The van der Waals surface area contributed by atoms with Crippen molar-refractivity contribution in [2.45, 2.75) is 39.2 Å². The van der Waals surface area contributed by atoms with Crippen LogP contribution in [0.1, 0.15) is 44.1 Å². The average molecular weight is 482 g/mol. The topological polar surface area (TPSA) is 91.2 Å². The molecular weight excluding hydrogens is 454 g/mol. The fourth-order valence-electron chi connectivity index (χ4n) is 3.49. The lowest BCUT2D eigenvalue weighted by Crippen LogP contribution is -2.41. The van der Waals surface area contributed by atoms with E-state index < -0.39 is 11.9 Å². The molecule has 0 bridgehead atoms. The average Bonchev–Trinajstić information content (AvgIpc) is 3.30. The first-order valence-electron chi connectivity index (χ1n) is 10.6. The Morgan fingerprint density at radius 3 is 2.52 bits per heavy atom. The number of allylic oxidation sites excluding steroid dienone is 1. The van der Waals surface area contributed by atoms with Crippen molar-refractivity contribution in [2.75, 3.05) is 12.4 Å². The summed E-state index contributed by atoms with van der Waals surface area (Å²) in [6, 6.07) is 15.6. The molecule has 0 saturated carbocycles. The van der Waals surface area contributed by atoms with Gasteiger partial charge < -0.3 is 15.4 Å². The summed E-state index contributed by atoms with van der Waals surface area (Å²) >= 11 is 2.73. The predicted molar refractivity (Wildman–Crippen MR) is 133 cm³/mol. The number of dihydropyridines is 1. The molecule has 1 amide bonds. The van der Waals surface area contributed by atoms with E-state index >= 15 is 0 Å². The molecule has 2 heterocycles. The SMILES string of the molecule is CCOC(=O)C1=C(c2ccccc2)NC(SCC(=O)NC(C)(C)C)=C(C#N)[C@H]1c1cccs1. The molecule has 8 heteroatoms. The second-order valence-corrected chi connectivity index (χ2v) is 10.4. The van der Waals surface area contributed by atoms with E-state index in [1.165, 1.54) is 23.1 Å². The number of ether oxygens (including phenoxy) is 1. The molecule has 1 atom stereocenters. The summed E-state index contributed by atoms with van der Waals surface area (Å²) < 4.78 is 5.41. The van der Waals surface area contributed by atoms with E-state index in [2.05, 4.69) is 16.7 Å². The minimum Gasteiger partial charge on any atom is -0.463 e. The number of nitrogens with one attached hydrogen (secondary N) is 2. The molecule has 1 aliphatic heterocycles. The molecule has 3 rings (SSSR count). The van der Waals surface area contributed by atoms with Crippen LogP contribution in [0.25, 0.3) is 5.70 Å². The van der Waals surface area contributed by atoms with Gasteiger partial charge in [0.1, 0.15) is 0 Å². The zero-order valence-electron chi connectivity index (χ0n) is 19.1. The van der Waals surface area contributed by atoms with Crippen molar-refractivity contribution in [3.8, 4) is 6.07 Å². The normalized spacial score (nSPS) is 16.2. The zero-order valence-corrected chi connectivity index (χ0v) is 20.7. The predicted octanol–water partition coefficient (Wildman–Crippen LogP) is 4.79. The number of benzene rings is 1. The quantitative estimate of drug-likeness (QED) is 0.553. The van der Waals surface area contributed by atoms with Crippen molar-refractivity contribution in [3.05, 3.63) is 74.5 Å². The van der Waals surface area contributed by atoms with Gasteiger partial charge in [0.05, 0.1) is 46.2 Å². The van der Waals surface area contributed by atoms with Crippen molar-refractivity contribution in [1.29, 1.82) is 5.26 Å². The lowest BCUT2D eigenvalue weighted by molar-refractivity contribution is -0.138. The second-order valence-electron chi connectivity index (χ2n) is 8.39. The van der Waals surface area contributed by atoms with Crippen LogP contribution in [-0.4, -0.2) is 29.8 Å². The van der Waals surface area contributed by atoms with Crippen LogP contribution in [0.15, 0.2) is 64.0 Å². The van der Waals surface area contributed by atoms with Gasteiger partial charge in [0.25, 0.3) is 0 Å². The number of amides is 1. The van der Waals surface area contributed by atoms with E-state index in [4.69, 9.17) is 4.74 Å². The van der Waals surface area contributed by atoms with Gasteiger partial charge in [0.15, 0.2) is 0 Å². The highest BCUT2D eigenvalue weighted by Crippen LogP contribution is 2.44. The van der Waals surface area contributed by atoms with Crippen molar-refractivity contribution in [2.24, 2.45) is 0 Å². The van der Waals surface area contributed by atoms with Gasteiger partial charge in [-0.15, -0.1) is 11.3 Å². The second kappa shape index (κ2) is 10.7. The largest absolute Gasteiger partial charge is 0.463 e. The first kappa shape index (κ1) is 24.6. The maximum absolute atomic E-state index is 13.2. The van der Waals surface area contributed by atoms with E-state index in [1.807, 2.05) is 68.6 Å². The van der Waals surface area contributed by atoms with Crippen LogP contribution in [-0.2, 0) is 14.3 Å². The summed E-state index contributed by atoms with van der Waals surface area (Å²) in [6.07, 6.45) is 0. The summed E-state index contributed by atoms with van der Waals surface area (Å²) in [6.45, 7) is 7.74. The molecule has 0 spiro atoms. The number of esters is 1. The van der Waals surface area contributed by atoms with Gasteiger partial charge in [0.2, 0.25) is 5.91 Å². The molecule has 6 nitrogen and oxygen atoms in total.